The maximum Gasteiger partial charge on any atom is 0.308 e. The van der Waals surface area contributed by atoms with Crippen molar-refractivity contribution in [3.63, 3.8) is 0 Å². The Bertz CT molecular complexity index is 450. The minimum atomic E-state index is -0.949. The molecule has 2 N–H and O–H groups in total. The summed E-state index contributed by atoms with van der Waals surface area (Å²) in [6.07, 6.45) is 0. The van der Waals surface area contributed by atoms with E-state index in [2.05, 4.69) is 21.2 Å². The Balaban J connectivity index is 2.70. The molecular weight excluding hydrogens is 309 g/mol. The van der Waals surface area contributed by atoms with Gasteiger partial charge in [-0.05, 0) is 34.1 Å². The van der Waals surface area contributed by atoms with Crippen molar-refractivity contribution in [1.82, 2.24) is 5.32 Å². The standard InChI is InChI=1S/C11H11BrClNO3/c1-6(11(16)17)5-14-10(15)8-4-7(13)2-3-9(8)12/h2-4,6H,5H2,1H3,(H,14,15)(H,16,17). The molecule has 0 spiro atoms. The minimum Gasteiger partial charge on any atom is -0.481 e. The molecule has 92 valence electrons. The van der Waals surface area contributed by atoms with Crippen LogP contribution >= 0.6 is 27.5 Å². The monoisotopic (exact) mass is 319 g/mol. The van der Waals surface area contributed by atoms with Gasteiger partial charge in [0.1, 0.15) is 0 Å². The van der Waals surface area contributed by atoms with Gasteiger partial charge in [-0.1, -0.05) is 18.5 Å². The molecule has 1 atom stereocenters. The first kappa shape index (κ1) is 14.0. The smallest absolute Gasteiger partial charge is 0.308 e. The lowest BCUT2D eigenvalue weighted by Crippen LogP contribution is -2.31. The average molecular weight is 321 g/mol. The van der Waals surface area contributed by atoms with Crippen molar-refractivity contribution in [3.8, 4) is 0 Å². The Morgan fingerprint density at radius 3 is 2.76 bits per heavy atom. The summed E-state index contributed by atoms with van der Waals surface area (Å²) in [4.78, 5) is 22.3. The molecular formula is C11H11BrClNO3. The van der Waals surface area contributed by atoms with E-state index < -0.39 is 11.9 Å². The number of benzene rings is 1. The van der Waals surface area contributed by atoms with Crippen molar-refractivity contribution in [1.29, 1.82) is 0 Å². The van der Waals surface area contributed by atoms with Gasteiger partial charge >= 0.3 is 5.97 Å². The summed E-state index contributed by atoms with van der Waals surface area (Å²) < 4.78 is 0.613. The van der Waals surface area contributed by atoms with Crippen LogP contribution in [-0.4, -0.2) is 23.5 Å². The summed E-state index contributed by atoms with van der Waals surface area (Å²) in [5.41, 5.74) is 0.384. The summed E-state index contributed by atoms with van der Waals surface area (Å²) in [5, 5.41) is 11.7. The number of halogens is 2. The van der Waals surface area contributed by atoms with Crippen LogP contribution in [0.3, 0.4) is 0 Å². The van der Waals surface area contributed by atoms with E-state index in [9.17, 15) is 9.59 Å². The normalized spacial score (nSPS) is 11.9. The number of nitrogens with one attached hydrogen (secondary N) is 1. The fourth-order valence-corrected chi connectivity index (χ4v) is 1.70. The zero-order valence-electron chi connectivity index (χ0n) is 9.04. The largest absolute Gasteiger partial charge is 0.481 e. The van der Waals surface area contributed by atoms with Crippen molar-refractivity contribution in [2.45, 2.75) is 6.92 Å². The minimum absolute atomic E-state index is 0.0765. The van der Waals surface area contributed by atoms with Crippen LogP contribution in [0, 0.1) is 5.92 Å². The molecule has 0 radical (unpaired) electrons. The third-order valence-corrected chi connectivity index (χ3v) is 3.09. The summed E-state index contributed by atoms with van der Waals surface area (Å²) in [7, 11) is 0. The molecule has 6 heteroatoms. The molecule has 1 unspecified atom stereocenters. The first-order chi connectivity index (χ1) is 7.91. The molecule has 17 heavy (non-hydrogen) atoms. The average Bonchev–Trinajstić information content (AvgIpc) is 2.28. The molecule has 0 bridgehead atoms. The fraction of sp³-hybridized carbons (Fsp3) is 0.273. The Kier molecular flexibility index (Phi) is 4.96. The summed E-state index contributed by atoms with van der Waals surface area (Å²) in [6, 6.07) is 4.84. The number of hydrogen-bond acceptors (Lipinski definition) is 2. The lowest BCUT2D eigenvalue weighted by Gasteiger charge is -2.09. The van der Waals surface area contributed by atoms with Gasteiger partial charge < -0.3 is 10.4 Å². The molecule has 1 rings (SSSR count). The fourth-order valence-electron chi connectivity index (χ4n) is 1.10. The summed E-state index contributed by atoms with van der Waals surface area (Å²) in [5.74, 6) is -1.93. The second kappa shape index (κ2) is 6.02. The van der Waals surface area contributed by atoms with E-state index in [1.165, 1.54) is 13.0 Å². The number of amides is 1. The molecule has 0 aliphatic heterocycles. The molecule has 0 aliphatic carbocycles. The Morgan fingerprint density at radius 1 is 1.53 bits per heavy atom. The summed E-state index contributed by atoms with van der Waals surface area (Å²) in [6.45, 7) is 1.60. The second-order valence-electron chi connectivity index (χ2n) is 3.57. The number of carbonyl (C=O) groups excluding carboxylic acids is 1. The molecule has 0 saturated heterocycles. The summed E-state index contributed by atoms with van der Waals surface area (Å²) >= 11 is 9.01. The van der Waals surface area contributed by atoms with Gasteiger partial charge in [0.15, 0.2) is 0 Å². The van der Waals surface area contributed by atoms with Gasteiger partial charge in [0.25, 0.3) is 5.91 Å². The zero-order valence-corrected chi connectivity index (χ0v) is 11.4. The SMILES string of the molecule is CC(CNC(=O)c1cc(Cl)ccc1Br)C(=O)O. The van der Waals surface area contributed by atoms with Gasteiger partial charge in [0.05, 0.1) is 11.5 Å². The van der Waals surface area contributed by atoms with E-state index in [1.54, 1.807) is 12.1 Å². The number of aliphatic carboxylic acids is 1. The van der Waals surface area contributed by atoms with Crippen molar-refractivity contribution < 1.29 is 14.7 Å². The number of carboxylic acids is 1. The molecule has 0 aliphatic rings. The number of carboxylic acid groups (broad SMARTS) is 1. The van der Waals surface area contributed by atoms with E-state index in [4.69, 9.17) is 16.7 Å². The van der Waals surface area contributed by atoms with Crippen LogP contribution in [0.2, 0.25) is 5.02 Å². The molecule has 1 amide bonds. The lowest BCUT2D eigenvalue weighted by atomic mass is 10.1. The molecule has 0 saturated carbocycles. The molecule has 0 fully saturated rings. The van der Waals surface area contributed by atoms with Crippen LogP contribution in [-0.2, 0) is 4.79 Å². The van der Waals surface area contributed by atoms with Crippen LogP contribution in [0.15, 0.2) is 22.7 Å². The highest BCUT2D eigenvalue weighted by Crippen LogP contribution is 2.20. The van der Waals surface area contributed by atoms with E-state index >= 15 is 0 Å². The molecule has 4 nitrogen and oxygen atoms in total. The molecule has 0 aromatic heterocycles. The van der Waals surface area contributed by atoms with E-state index in [0.717, 1.165) is 0 Å². The van der Waals surface area contributed by atoms with E-state index in [0.29, 0.717) is 15.1 Å². The van der Waals surface area contributed by atoms with Crippen LogP contribution in [0.5, 0.6) is 0 Å². The maximum absolute atomic E-state index is 11.8. The van der Waals surface area contributed by atoms with Crippen molar-refractivity contribution >= 4 is 39.4 Å². The Morgan fingerprint density at radius 2 is 2.18 bits per heavy atom. The van der Waals surface area contributed by atoms with Gasteiger partial charge in [-0.3, -0.25) is 9.59 Å². The third kappa shape index (κ3) is 4.02. The first-order valence-electron chi connectivity index (χ1n) is 4.88. The number of rotatable bonds is 4. The van der Waals surface area contributed by atoms with Crippen LogP contribution in [0.1, 0.15) is 17.3 Å². The topological polar surface area (TPSA) is 66.4 Å². The molecule has 0 heterocycles. The predicted octanol–water partition coefficient (Wildman–Crippen LogP) is 2.55. The highest BCUT2D eigenvalue weighted by Gasteiger charge is 2.15. The molecule has 1 aromatic carbocycles. The van der Waals surface area contributed by atoms with Gasteiger partial charge in [-0.15, -0.1) is 0 Å². The highest BCUT2D eigenvalue weighted by molar-refractivity contribution is 9.10. The van der Waals surface area contributed by atoms with E-state index in [1.807, 2.05) is 0 Å². The zero-order chi connectivity index (χ0) is 13.0. The van der Waals surface area contributed by atoms with Gasteiger partial charge in [-0.25, -0.2) is 0 Å². The van der Waals surface area contributed by atoms with Gasteiger partial charge in [0.2, 0.25) is 0 Å². The van der Waals surface area contributed by atoms with Crippen molar-refractivity contribution in [3.05, 3.63) is 33.3 Å². The highest BCUT2D eigenvalue weighted by atomic mass is 79.9. The van der Waals surface area contributed by atoms with E-state index in [-0.39, 0.29) is 12.5 Å². The Labute approximate surface area is 112 Å². The van der Waals surface area contributed by atoms with Gasteiger partial charge in [-0.2, -0.15) is 0 Å². The first-order valence-corrected chi connectivity index (χ1v) is 6.05. The van der Waals surface area contributed by atoms with Crippen LogP contribution < -0.4 is 5.32 Å². The quantitative estimate of drug-likeness (QED) is 0.896. The second-order valence-corrected chi connectivity index (χ2v) is 4.86. The van der Waals surface area contributed by atoms with Gasteiger partial charge in [0, 0.05) is 16.0 Å². The van der Waals surface area contributed by atoms with Crippen LogP contribution in [0.25, 0.3) is 0 Å². The lowest BCUT2D eigenvalue weighted by molar-refractivity contribution is -0.140. The van der Waals surface area contributed by atoms with Crippen molar-refractivity contribution in [2.24, 2.45) is 5.92 Å². The third-order valence-electron chi connectivity index (χ3n) is 2.16. The predicted molar refractivity (Wildman–Crippen MR) is 68.3 cm³/mol. The van der Waals surface area contributed by atoms with Crippen LogP contribution in [0.4, 0.5) is 0 Å². The number of carbonyl (C=O) groups is 2. The maximum atomic E-state index is 11.8. The van der Waals surface area contributed by atoms with Crippen molar-refractivity contribution in [2.75, 3.05) is 6.54 Å². The molecule has 1 aromatic rings. The Hall–Kier alpha value is -1.07. The number of hydrogen-bond donors (Lipinski definition) is 2.